The third-order valence-electron chi connectivity index (χ3n) is 5.89. The molecule has 0 radical (unpaired) electrons. The molecule has 0 spiro atoms. The summed E-state index contributed by atoms with van der Waals surface area (Å²) in [5.74, 6) is 2.88. The number of nitriles is 1. The number of aryl methyl sites for hydroxylation is 2. The number of allylic oxidation sites excluding steroid dienone is 1. The zero-order valence-electron chi connectivity index (χ0n) is 17.6. The van der Waals surface area contributed by atoms with Crippen LogP contribution >= 0.6 is 11.8 Å². The number of hydrogen-bond acceptors (Lipinski definition) is 5. The zero-order valence-corrected chi connectivity index (χ0v) is 18.5. The second kappa shape index (κ2) is 8.20. The molecule has 0 amide bonds. The van der Waals surface area contributed by atoms with Crippen molar-refractivity contribution in [2.75, 3.05) is 0 Å². The maximum Gasteiger partial charge on any atom is 0.264 e. The van der Waals surface area contributed by atoms with Crippen LogP contribution in [0.2, 0.25) is 13.1 Å². The number of nitrogens with one attached hydrogen (secondary N) is 1. The lowest BCUT2D eigenvalue weighted by atomic mass is 9.50. The van der Waals surface area contributed by atoms with Crippen LogP contribution in [0, 0.1) is 24.1 Å². The standard InChI is InChI=1S/C22H28BN5S/c1-5-16(7-6-8-23(3)14-24)19-12-28-13-20(29-22(28)25-19)17-9-15(2)21-18(10-17)11-27(4)26-21/h9-13,16,22,25H,5-8H2,1-4H3. The molecule has 0 saturated heterocycles. The van der Waals surface area contributed by atoms with Crippen LogP contribution in [-0.2, 0) is 7.05 Å². The van der Waals surface area contributed by atoms with Crippen molar-refractivity contribution in [1.29, 1.82) is 5.26 Å². The van der Waals surface area contributed by atoms with Crippen LogP contribution in [0.5, 0.6) is 0 Å². The molecule has 0 fully saturated rings. The molecule has 1 aromatic heterocycles. The molecule has 2 unspecified atom stereocenters. The van der Waals surface area contributed by atoms with E-state index in [0.29, 0.717) is 5.92 Å². The van der Waals surface area contributed by atoms with E-state index in [4.69, 9.17) is 5.26 Å². The summed E-state index contributed by atoms with van der Waals surface area (Å²) in [7, 11) is 1.97. The Labute approximate surface area is 177 Å². The first-order chi connectivity index (χ1) is 14.0. The average molecular weight is 405 g/mol. The lowest BCUT2D eigenvalue weighted by Gasteiger charge is -2.19. The van der Waals surface area contributed by atoms with E-state index in [9.17, 15) is 0 Å². The van der Waals surface area contributed by atoms with E-state index in [1.807, 2.05) is 30.3 Å². The van der Waals surface area contributed by atoms with Crippen LogP contribution < -0.4 is 5.32 Å². The highest BCUT2D eigenvalue weighted by atomic mass is 32.2. The molecule has 29 heavy (non-hydrogen) atoms. The molecule has 2 aliphatic rings. The molecular formula is C22H28BN5S. The van der Waals surface area contributed by atoms with Gasteiger partial charge in [0.15, 0.2) is 5.50 Å². The maximum atomic E-state index is 8.98. The van der Waals surface area contributed by atoms with Crippen LogP contribution in [0.4, 0.5) is 0 Å². The topological polar surface area (TPSA) is 56.9 Å². The number of benzene rings is 1. The SMILES string of the molecule is CCC(CCCB(C)C#N)C1=CN2C=C(c3cc(C)c4nn(C)cc4c3)SC2N1. The van der Waals surface area contributed by atoms with Crippen LogP contribution in [0.25, 0.3) is 15.8 Å². The first-order valence-corrected chi connectivity index (χ1v) is 11.3. The Hall–Kier alpha value is -2.33. The van der Waals surface area contributed by atoms with Crippen molar-refractivity contribution >= 4 is 34.3 Å². The average Bonchev–Trinajstić information content (AvgIpc) is 3.37. The summed E-state index contributed by atoms with van der Waals surface area (Å²) in [6, 6.07) is 4.48. The molecule has 150 valence electrons. The van der Waals surface area contributed by atoms with Gasteiger partial charge in [-0.15, -0.1) is 0 Å². The Kier molecular flexibility index (Phi) is 5.64. The minimum absolute atomic E-state index is 0.155. The van der Waals surface area contributed by atoms with E-state index in [1.165, 1.54) is 27.1 Å². The molecule has 3 heterocycles. The van der Waals surface area contributed by atoms with Crippen molar-refractivity contribution < 1.29 is 0 Å². The third kappa shape index (κ3) is 4.04. The van der Waals surface area contributed by atoms with Gasteiger partial charge in [0.25, 0.3) is 6.71 Å². The highest BCUT2D eigenvalue weighted by molar-refractivity contribution is 8.09. The lowest BCUT2D eigenvalue weighted by Crippen LogP contribution is -2.28. The van der Waals surface area contributed by atoms with E-state index in [-0.39, 0.29) is 12.2 Å². The molecular weight excluding hydrogens is 377 g/mol. The summed E-state index contributed by atoms with van der Waals surface area (Å²) in [6.07, 6.45) is 11.0. The van der Waals surface area contributed by atoms with Gasteiger partial charge >= 0.3 is 0 Å². The number of hydrogen-bond donors (Lipinski definition) is 1. The van der Waals surface area contributed by atoms with Crippen molar-refractivity contribution in [3.8, 4) is 5.97 Å². The lowest BCUT2D eigenvalue weighted by molar-refractivity contribution is 0.469. The second-order valence-corrected chi connectivity index (χ2v) is 9.36. The molecule has 1 aromatic carbocycles. The highest BCUT2D eigenvalue weighted by Crippen LogP contribution is 2.43. The van der Waals surface area contributed by atoms with Crippen molar-refractivity contribution in [1.82, 2.24) is 20.0 Å². The third-order valence-corrected chi connectivity index (χ3v) is 7.07. The smallest absolute Gasteiger partial charge is 0.264 e. The largest absolute Gasteiger partial charge is 0.358 e. The van der Waals surface area contributed by atoms with Crippen LogP contribution in [0.3, 0.4) is 0 Å². The summed E-state index contributed by atoms with van der Waals surface area (Å²) >= 11 is 1.88. The van der Waals surface area contributed by atoms with Crippen LogP contribution in [-0.4, -0.2) is 26.9 Å². The minimum atomic E-state index is 0.155. The quantitative estimate of drug-likeness (QED) is 0.661. The monoisotopic (exact) mass is 405 g/mol. The van der Waals surface area contributed by atoms with E-state index in [1.54, 1.807) is 0 Å². The van der Waals surface area contributed by atoms with Crippen molar-refractivity contribution in [2.45, 2.75) is 51.8 Å². The van der Waals surface area contributed by atoms with Gasteiger partial charge in [0.1, 0.15) is 0 Å². The Morgan fingerprint density at radius 1 is 1.38 bits per heavy atom. The minimum Gasteiger partial charge on any atom is -0.358 e. The van der Waals surface area contributed by atoms with Crippen LogP contribution in [0.15, 0.2) is 36.4 Å². The Morgan fingerprint density at radius 2 is 2.21 bits per heavy atom. The summed E-state index contributed by atoms with van der Waals surface area (Å²) in [6.45, 7) is 6.56. The molecule has 2 atom stereocenters. The van der Waals surface area contributed by atoms with Gasteiger partial charge in [-0.1, -0.05) is 38.2 Å². The number of fused-ring (bicyclic) bond motifs is 2. The fourth-order valence-corrected chi connectivity index (χ4v) is 5.33. The van der Waals surface area contributed by atoms with Gasteiger partial charge < -0.3 is 10.2 Å². The van der Waals surface area contributed by atoms with Gasteiger partial charge in [0.05, 0.1) is 5.52 Å². The molecule has 0 aliphatic carbocycles. The Bertz CT molecular complexity index is 1020. The Balaban J connectivity index is 1.48. The fraction of sp³-hybridized carbons (Fsp3) is 0.455. The summed E-state index contributed by atoms with van der Waals surface area (Å²) in [5.41, 5.74) is 5.14. The molecule has 7 heteroatoms. The van der Waals surface area contributed by atoms with Crippen molar-refractivity contribution in [2.24, 2.45) is 13.0 Å². The first kappa shape index (κ1) is 20.0. The van der Waals surface area contributed by atoms with Gasteiger partial charge in [0.2, 0.25) is 0 Å². The van der Waals surface area contributed by atoms with Gasteiger partial charge in [-0.3, -0.25) is 4.68 Å². The molecule has 1 N–H and O–H groups in total. The zero-order chi connectivity index (χ0) is 20.5. The molecule has 2 aliphatic heterocycles. The van der Waals surface area contributed by atoms with E-state index in [2.05, 4.69) is 65.9 Å². The predicted octanol–water partition coefficient (Wildman–Crippen LogP) is 4.95. The number of aromatic nitrogens is 2. The molecule has 4 rings (SSSR count). The fourth-order valence-electron chi connectivity index (χ4n) is 4.22. The second-order valence-electron chi connectivity index (χ2n) is 8.24. The van der Waals surface area contributed by atoms with E-state index in [0.717, 1.165) is 31.1 Å². The van der Waals surface area contributed by atoms with Crippen molar-refractivity contribution in [3.63, 3.8) is 0 Å². The molecule has 2 aromatic rings. The molecule has 0 saturated carbocycles. The maximum absolute atomic E-state index is 8.98. The van der Waals surface area contributed by atoms with Gasteiger partial charge in [0, 0.05) is 47.6 Å². The van der Waals surface area contributed by atoms with Gasteiger partial charge in [-0.25, -0.2) is 5.26 Å². The normalized spacial score (nSPS) is 18.9. The summed E-state index contributed by atoms with van der Waals surface area (Å²) in [4.78, 5) is 3.60. The summed E-state index contributed by atoms with van der Waals surface area (Å²) < 4.78 is 1.88. The van der Waals surface area contributed by atoms with E-state index >= 15 is 0 Å². The first-order valence-electron chi connectivity index (χ1n) is 10.5. The molecule has 0 bridgehead atoms. The van der Waals surface area contributed by atoms with E-state index < -0.39 is 0 Å². The highest BCUT2D eigenvalue weighted by Gasteiger charge is 2.32. The van der Waals surface area contributed by atoms with Gasteiger partial charge in [-0.2, -0.15) is 5.10 Å². The van der Waals surface area contributed by atoms with Crippen LogP contribution in [0.1, 0.15) is 37.3 Å². The molecule has 5 nitrogen and oxygen atoms in total. The Morgan fingerprint density at radius 3 is 2.93 bits per heavy atom. The number of thioether (sulfide) groups is 1. The number of rotatable bonds is 7. The number of nitrogens with zero attached hydrogens (tertiary/aromatic N) is 4. The predicted molar refractivity (Wildman–Crippen MR) is 123 cm³/mol. The van der Waals surface area contributed by atoms with Gasteiger partial charge in [-0.05, 0) is 48.9 Å². The van der Waals surface area contributed by atoms with Crippen molar-refractivity contribution in [3.05, 3.63) is 47.6 Å². The summed E-state index contributed by atoms with van der Waals surface area (Å²) in [5, 5.41) is 18.5.